The number of alkyl carbamates (subject to hydrolysis) is 1. The first-order valence-electron chi connectivity index (χ1n) is 7.33. The number of carbonyl (C=O) groups is 5. The lowest BCUT2D eigenvalue weighted by Crippen LogP contribution is -2.48. The van der Waals surface area contributed by atoms with Crippen molar-refractivity contribution in [3.8, 4) is 0 Å². The summed E-state index contributed by atoms with van der Waals surface area (Å²) in [5.41, 5.74) is -0.709. The van der Waals surface area contributed by atoms with Crippen LogP contribution < -0.4 is 10.6 Å². The van der Waals surface area contributed by atoms with E-state index in [4.69, 9.17) is 4.74 Å². The highest BCUT2D eigenvalue weighted by Crippen LogP contribution is 2.11. The summed E-state index contributed by atoms with van der Waals surface area (Å²) < 4.78 is 4.99. The number of amides is 4. The molecule has 0 aromatic heterocycles. The second-order valence-electron chi connectivity index (χ2n) is 6.13. The van der Waals surface area contributed by atoms with Crippen molar-refractivity contribution in [1.82, 2.24) is 15.7 Å². The number of imide groups is 1. The molecule has 1 saturated heterocycles. The van der Waals surface area contributed by atoms with Gasteiger partial charge in [-0.2, -0.15) is 0 Å². The van der Waals surface area contributed by atoms with E-state index >= 15 is 0 Å². The van der Waals surface area contributed by atoms with E-state index in [1.54, 1.807) is 20.8 Å². The van der Waals surface area contributed by atoms with Gasteiger partial charge in [-0.1, -0.05) is 0 Å². The molecule has 24 heavy (non-hydrogen) atoms. The Balaban J connectivity index is 2.36. The molecule has 1 aliphatic heterocycles. The van der Waals surface area contributed by atoms with E-state index in [0.29, 0.717) is 5.06 Å². The van der Waals surface area contributed by atoms with Gasteiger partial charge in [-0.3, -0.25) is 14.4 Å². The maximum Gasteiger partial charge on any atom is 0.408 e. The van der Waals surface area contributed by atoms with Crippen LogP contribution in [0, 0.1) is 0 Å². The fraction of sp³-hybridized carbons (Fsp3) is 0.643. The Kier molecular flexibility index (Phi) is 6.27. The number of carbonyl (C=O) groups excluding carboxylic acids is 5. The molecule has 0 saturated carbocycles. The predicted octanol–water partition coefficient (Wildman–Crippen LogP) is -0.377. The molecule has 0 spiro atoms. The number of nitrogens with zero attached hydrogens (tertiary/aromatic N) is 1. The fourth-order valence-corrected chi connectivity index (χ4v) is 1.65. The van der Waals surface area contributed by atoms with Crippen molar-refractivity contribution < 1.29 is 33.5 Å². The fourth-order valence-electron chi connectivity index (χ4n) is 1.65. The minimum absolute atomic E-state index is 0.0185. The lowest BCUT2D eigenvalue weighted by atomic mass is 10.2. The molecule has 10 nitrogen and oxygen atoms in total. The zero-order valence-corrected chi connectivity index (χ0v) is 14.0. The van der Waals surface area contributed by atoms with E-state index in [2.05, 4.69) is 15.5 Å². The average Bonchev–Trinajstić information content (AvgIpc) is 2.74. The Morgan fingerprint density at radius 3 is 2.21 bits per heavy atom. The van der Waals surface area contributed by atoms with Gasteiger partial charge in [-0.25, -0.2) is 9.59 Å². The third-order valence-electron chi connectivity index (χ3n) is 2.73. The number of hydrogen-bond donors (Lipinski definition) is 2. The molecule has 1 atom stereocenters. The monoisotopic (exact) mass is 343 g/mol. The molecule has 2 N–H and O–H groups in total. The van der Waals surface area contributed by atoms with Crippen molar-refractivity contribution >= 4 is 29.8 Å². The molecule has 1 rings (SSSR count). The molecule has 1 fully saturated rings. The van der Waals surface area contributed by atoms with Crippen LogP contribution in [0.5, 0.6) is 0 Å². The van der Waals surface area contributed by atoms with Gasteiger partial charge in [0.1, 0.15) is 18.2 Å². The topological polar surface area (TPSA) is 131 Å². The Morgan fingerprint density at radius 1 is 1.17 bits per heavy atom. The molecule has 10 heteroatoms. The van der Waals surface area contributed by atoms with Crippen LogP contribution >= 0.6 is 0 Å². The summed E-state index contributed by atoms with van der Waals surface area (Å²) in [6, 6.07) is -0.956. The predicted molar refractivity (Wildman–Crippen MR) is 79.0 cm³/mol. The van der Waals surface area contributed by atoms with Crippen molar-refractivity contribution in [2.45, 2.75) is 52.2 Å². The Hall–Kier alpha value is -2.65. The van der Waals surface area contributed by atoms with E-state index < -0.39 is 48.0 Å². The van der Waals surface area contributed by atoms with E-state index in [1.807, 2.05) is 0 Å². The maximum absolute atomic E-state index is 11.8. The highest BCUT2D eigenvalue weighted by atomic mass is 16.7. The van der Waals surface area contributed by atoms with Gasteiger partial charge < -0.3 is 20.2 Å². The molecule has 0 aromatic rings. The zero-order valence-electron chi connectivity index (χ0n) is 14.0. The van der Waals surface area contributed by atoms with Gasteiger partial charge in [0.25, 0.3) is 11.8 Å². The van der Waals surface area contributed by atoms with Crippen LogP contribution in [0.3, 0.4) is 0 Å². The lowest BCUT2D eigenvalue weighted by molar-refractivity contribution is -0.196. The number of rotatable bonds is 5. The molecule has 1 aliphatic rings. The molecule has 134 valence electrons. The molecular weight excluding hydrogens is 322 g/mol. The van der Waals surface area contributed by atoms with Crippen LogP contribution in [0.4, 0.5) is 4.79 Å². The molecule has 0 aromatic carbocycles. The number of ether oxygens (including phenoxy) is 1. The minimum Gasteiger partial charge on any atom is -0.444 e. The summed E-state index contributed by atoms with van der Waals surface area (Å²) in [6.45, 7) is 5.87. The Labute approximate surface area is 138 Å². The average molecular weight is 343 g/mol. The van der Waals surface area contributed by atoms with Gasteiger partial charge >= 0.3 is 12.1 Å². The molecule has 0 aliphatic carbocycles. The zero-order chi connectivity index (χ0) is 18.5. The van der Waals surface area contributed by atoms with Gasteiger partial charge in [-0.15, -0.1) is 5.06 Å². The summed E-state index contributed by atoms with van der Waals surface area (Å²) in [5, 5.41) is 4.91. The van der Waals surface area contributed by atoms with E-state index in [-0.39, 0.29) is 12.8 Å². The smallest absolute Gasteiger partial charge is 0.408 e. The molecule has 0 bridgehead atoms. The molecule has 0 radical (unpaired) electrons. The largest absolute Gasteiger partial charge is 0.444 e. The van der Waals surface area contributed by atoms with Crippen molar-refractivity contribution in [1.29, 1.82) is 0 Å². The van der Waals surface area contributed by atoms with Crippen molar-refractivity contribution in [3.05, 3.63) is 0 Å². The third-order valence-corrected chi connectivity index (χ3v) is 2.73. The van der Waals surface area contributed by atoms with Crippen LogP contribution in [0.25, 0.3) is 0 Å². The van der Waals surface area contributed by atoms with Gasteiger partial charge in [0.15, 0.2) is 0 Å². The molecular formula is C14H21N3O7. The quantitative estimate of drug-likeness (QED) is 0.651. The van der Waals surface area contributed by atoms with Crippen LogP contribution in [-0.4, -0.2) is 53.0 Å². The second kappa shape index (κ2) is 7.75. The van der Waals surface area contributed by atoms with Crippen LogP contribution in [0.15, 0.2) is 0 Å². The van der Waals surface area contributed by atoms with E-state index in [0.717, 1.165) is 0 Å². The number of nitrogens with one attached hydrogen (secondary N) is 2. The normalized spacial score (nSPS) is 15.8. The summed E-state index contributed by atoms with van der Waals surface area (Å²) in [7, 11) is 0. The van der Waals surface area contributed by atoms with E-state index in [9.17, 15) is 24.0 Å². The summed E-state index contributed by atoms with van der Waals surface area (Å²) in [4.78, 5) is 62.0. The molecule has 1 heterocycles. The van der Waals surface area contributed by atoms with E-state index in [1.165, 1.54) is 6.92 Å². The van der Waals surface area contributed by atoms with Gasteiger partial charge in [0, 0.05) is 12.8 Å². The first-order valence-corrected chi connectivity index (χ1v) is 7.33. The third kappa shape index (κ3) is 6.23. The lowest BCUT2D eigenvalue weighted by Gasteiger charge is -2.21. The Morgan fingerprint density at radius 2 is 1.71 bits per heavy atom. The first kappa shape index (κ1) is 19.4. The summed E-state index contributed by atoms with van der Waals surface area (Å²) in [5.74, 6) is -2.85. The van der Waals surface area contributed by atoms with Gasteiger partial charge in [0.05, 0.1) is 0 Å². The molecule has 0 unspecified atom stereocenters. The summed E-state index contributed by atoms with van der Waals surface area (Å²) in [6.07, 6.45) is -0.814. The second-order valence-corrected chi connectivity index (χ2v) is 6.13. The Bertz CT molecular complexity index is 537. The van der Waals surface area contributed by atoms with Crippen LogP contribution in [-0.2, 0) is 28.8 Å². The van der Waals surface area contributed by atoms with Crippen molar-refractivity contribution in [2.75, 3.05) is 6.54 Å². The maximum atomic E-state index is 11.8. The first-order chi connectivity index (χ1) is 11.0. The standard InChI is InChI=1S/C14H21N3O7/c1-8(16-13(22)23-14(2,3)4)12(21)15-7-11(20)24-17-9(18)5-6-10(17)19/h8H,5-7H2,1-4H3,(H,15,21)(H,16,22)/t8-/m1/s1. The summed E-state index contributed by atoms with van der Waals surface area (Å²) >= 11 is 0. The number of hydroxylamine groups is 2. The highest BCUT2D eigenvalue weighted by molar-refractivity contribution is 6.01. The SMILES string of the molecule is C[C@@H](NC(=O)OC(C)(C)C)C(=O)NCC(=O)ON1C(=O)CCC1=O. The van der Waals surface area contributed by atoms with Crippen molar-refractivity contribution in [3.63, 3.8) is 0 Å². The van der Waals surface area contributed by atoms with Gasteiger partial charge in [0.2, 0.25) is 5.91 Å². The molecule has 4 amide bonds. The van der Waals surface area contributed by atoms with Crippen molar-refractivity contribution in [2.24, 2.45) is 0 Å². The number of hydrogen-bond acceptors (Lipinski definition) is 7. The highest BCUT2D eigenvalue weighted by Gasteiger charge is 2.33. The van der Waals surface area contributed by atoms with Gasteiger partial charge in [-0.05, 0) is 27.7 Å². The van der Waals surface area contributed by atoms with Crippen LogP contribution in [0.1, 0.15) is 40.5 Å². The minimum atomic E-state index is -0.976. The van der Waals surface area contributed by atoms with Crippen LogP contribution in [0.2, 0.25) is 0 Å².